The van der Waals surface area contributed by atoms with Crippen LogP contribution in [0.2, 0.25) is 0 Å². The zero-order valence-electron chi connectivity index (χ0n) is 19.4. The highest BCUT2D eigenvalue weighted by molar-refractivity contribution is 5.94. The molecule has 0 atom stereocenters. The number of hydrogen-bond donors (Lipinski definition) is 1. The molecule has 2 aliphatic heterocycles. The van der Waals surface area contributed by atoms with Crippen molar-refractivity contribution in [3.05, 3.63) is 59.2 Å². The zero-order chi connectivity index (χ0) is 22.3. The summed E-state index contributed by atoms with van der Waals surface area (Å²) >= 11 is 0. The molecule has 5 heteroatoms. The molecular formula is C27H35N3O2. The van der Waals surface area contributed by atoms with Crippen LogP contribution >= 0.6 is 0 Å². The van der Waals surface area contributed by atoms with Crippen LogP contribution in [-0.4, -0.2) is 50.1 Å². The lowest BCUT2D eigenvalue weighted by Gasteiger charge is -2.37. The van der Waals surface area contributed by atoms with Crippen molar-refractivity contribution >= 4 is 23.4 Å². The Morgan fingerprint density at radius 1 is 1.06 bits per heavy atom. The van der Waals surface area contributed by atoms with Crippen LogP contribution in [0.1, 0.15) is 42.9 Å². The Labute approximate surface area is 192 Å². The van der Waals surface area contributed by atoms with E-state index in [0.29, 0.717) is 13.0 Å². The summed E-state index contributed by atoms with van der Waals surface area (Å²) in [6.45, 7) is 10.5. The van der Waals surface area contributed by atoms with E-state index in [-0.39, 0.29) is 5.91 Å². The van der Waals surface area contributed by atoms with Gasteiger partial charge in [-0.25, -0.2) is 0 Å². The molecule has 1 fully saturated rings. The molecule has 0 bridgehead atoms. The third-order valence-corrected chi connectivity index (χ3v) is 6.46. The Balaban J connectivity index is 1.18. The summed E-state index contributed by atoms with van der Waals surface area (Å²) in [6, 6.07) is 12.7. The lowest BCUT2D eigenvalue weighted by molar-refractivity contribution is -0.116. The Morgan fingerprint density at radius 3 is 2.72 bits per heavy atom. The standard InChI is InChI=1S/C27H35N3O2/c1-3-7-24-21(2)8-6-9-26(24)30-17-15-29(16-18-30)14-4-5-19-32-23-12-10-22-11-13-27(31)28-25(22)20-23/h3,6-10,12,20H,4-5,11,13-19H2,1-2H3,(H,28,31)/b7-3-. The molecule has 4 rings (SSSR count). The van der Waals surface area contributed by atoms with Crippen molar-refractivity contribution in [2.24, 2.45) is 0 Å². The van der Waals surface area contributed by atoms with Crippen molar-refractivity contribution in [3.63, 3.8) is 0 Å². The topological polar surface area (TPSA) is 44.8 Å². The van der Waals surface area contributed by atoms with Gasteiger partial charge in [-0.05, 0) is 62.9 Å². The van der Waals surface area contributed by atoms with E-state index in [9.17, 15) is 4.79 Å². The molecule has 1 saturated heterocycles. The van der Waals surface area contributed by atoms with Crippen LogP contribution < -0.4 is 15.0 Å². The molecule has 0 saturated carbocycles. The van der Waals surface area contributed by atoms with Gasteiger partial charge in [0.1, 0.15) is 5.75 Å². The first-order valence-electron chi connectivity index (χ1n) is 11.9. The number of ether oxygens (including phenoxy) is 1. The summed E-state index contributed by atoms with van der Waals surface area (Å²) in [5.41, 5.74) is 6.14. The fraction of sp³-hybridized carbons (Fsp3) is 0.444. The van der Waals surface area contributed by atoms with Gasteiger partial charge < -0.3 is 15.0 Å². The van der Waals surface area contributed by atoms with E-state index >= 15 is 0 Å². The Bertz CT molecular complexity index is 961. The first-order chi connectivity index (χ1) is 15.6. The number of nitrogens with one attached hydrogen (secondary N) is 1. The number of carbonyl (C=O) groups excluding carboxylic acids is 1. The Kier molecular flexibility index (Phi) is 7.48. The SMILES string of the molecule is C/C=C\c1c(C)cccc1N1CCN(CCCCOc2ccc3c(c2)NC(=O)CC3)CC1. The average molecular weight is 434 g/mol. The summed E-state index contributed by atoms with van der Waals surface area (Å²) in [5, 5.41) is 2.94. The van der Waals surface area contributed by atoms with Gasteiger partial charge in [-0.2, -0.15) is 0 Å². The highest BCUT2D eigenvalue weighted by Gasteiger charge is 2.19. The van der Waals surface area contributed by atoms with E-state index in [1.54, 1.807) is 0 Å². The van der Waals surface area contributed by atoms with E-state index in [2.05, 4.69) is 65.4 Å². The minimum absolute atomic E-state index is 0.0928. The minimum atomic E-state index is 0.0928. The molecule has 170 valence electrons. The van der Waals surface area contributed by atoms with Gasteiger partial charge >= 0.3 is 0 Å². The van der Waals surface area contributed by atoms with Gasteiger partial charge in [0.2, 0.25) is 5.91 Å². The number of aryl methyl sites for hydroxylation is 2. The molecule has 0 radical (unpaired) electrons. The van der Waals surface area contributed by atoms with Crippen LogP contribution in [0.5, 0.6) is 5.75 Å². The van der Waals surface area contributed by atoms with Crippen LogP contribution in [0, 0.1) is 6.92 Å². The maximum absolute atomic E-state index is 11.6. The predicted molar refractivity (Wildman–Crippen MR) is 133 cm³/mol. The van der Waals surface area contributed by atoms with Gasteiger partial charge in [-0.3, -0.25) is 9.69 Å². The monoisotopic (exact) mass is 433 g/mol. The van der Waals surface area contributed by atoms with Crippen LogP contribution in [-0.2, 0) is 11.2 Å². The quantitative estimate of drug-likeness (QED) is 0.602. The number of unbranched alkanes of at least 4 members (excludes halogenated alkanes) is 1. The van der Waals surface area contributed by atoms with E-state index in [1.807, 2.05) is 12.1 Å². The fourth-order valence-corrected chi connectivity index (χ4v) is 4.60. The first kappa shape index (κ1) is 22.4. The van der Waals surface area contributed by atoms with Crippen LogP contribution in [0.15, 0.2) is 42.5 Å². The van der Waals surface area contributed by atoms with Gasteiger partial charge in [0.25, 0.3) is 0 Å². The van der Waals surface area contributed by atoms with E-state index in [1.165, 1.54) is 22.4 Å². The Hall–Kier alpha value is -2.79. The lowest BCUT2D eigenvalue weighted by Crippen LogP contribution is -2.46. The number of benzene rings is 2. The van der Waals surface area contributed by atoms with Crippen LogP contribution in [0.4, 0.5) is 11.4 Å². The average Bonchev–Trinajstić information content (AvgIpc) is 2.80. The van der Waals surface area contributed by atoms with Crippen molar-refractivity contribution < 1.29 is 9.53 Å². The van der Waals surface area contributed by atoms with Gasteiger partial charge in [-0.1, -0.05) is 30.4 Å². The molecule has 0 aliphatic carbocycles. The lowest BCUT2D eigenvalue weighted by atomic mass is 10.0. The number of fused-ring (bicyclic) bond motifs is 1. The second kappa shape index (κ2) is 10.7. The maximum atomic E-state index is 11.6. The smallest absolute Gasteiger partial charge is 0.224 e. The van der Waals surface area contributed by atoms with E-state index in [4.69, 9.17) is 4.74 Å². The molecule has 2 aromatic rings. The molecule has 1 N–H and O–H groups in total. The molecule has 0 aromatic heterocycles. The number of amides is 1. The summed E-state index contributed by atoms with van der Waals surface area (Å²) in [6.07, 6.45) is 7.92. The number of allylic oxidation sites excluding steroid dienone is 1. The third-order valence-electron chi connectivity index (χ3n) is 6.46. The summed E-state index contributed by atoms with van der Waals surface area (Å²) < 4.78 is 5.93. The van der Waals surface area contributed by atoms with Crippen molar-refractivity contribution in [2.75, 3.05) is 49.5 Å². The largest absolute Gasteiger partial charge is 0.494 e. The van der Waals surface area contributed by atoms with Crippen LogP contribution in [0.3, 0.4) is 0 Å². The number of hydrogen-bond acceptors (Lipinski definition) is 4. The second-order valence-corrected chi connectivity index (χ2v) is 8.76. The van der Waals surface area contributed by atoms with E-state index in [0.717, 1.165) is 63.4 Å². The summed E-state index contributed by atoms with van der Waals surface area (Å²) in [5.74, 6) is 0.935. The summed E-state index contributed by atoms with van der Waals surface area (Å²) in [4.78, 5) is 16.7. The van der Waals surface area contributed by atoms with Gasteiger partial charge in [0.05, 0.1) is 6.61 Å². The van der Waals surface area contributed by atoms with Crippen molar-refractivity contribution in [3.8, 4) is 5.75 Å². The number of anilines is 2. The van der Waals surface area contributed by atoms with Crippen molar-refractivity contribution in [1.29, 1.82) is 0 Å². The predicted octanol–water partition coefficient (Wildman–Crippen LogP) is 4.89. The molecule has 1 amide bonds. The third kappa shape index (κ3) is 5.52. The highest BCUT2D eigenvalue weighted by atomic mass is 16.5. The normalized spacial score (nSPS) is 16.8. The number of carbonyl (C=O) groups is 1. The second-order valence-electron chi connectivity index (χ2n) is 8.76. The number of piperazine rings is 1. The van der Waals surface area contributed by atoms with E-state index < -0.39 is 0 Å². The molecule has 32 heavy (non-hydrogen) atoms. The highest BCUT2D eigenvalue weighted by Crippen LogP contribution is 2.28. The molecule has 0 unspecified atom stereocenters. The Morgan fingerprint density at radius 2 is 1.91 bits per heavy atom. The number of nitrogens with zero attached hydrogens (tertiary/aromatic N) is 2. The molecular weight excluding hydrogens is 398 g/mol. The molecule has 2 aliphatic rings. The van der Waals surface area contributed by atoms with Crippen LogP contribution in [0.25, 0.3) is 6.08 Å². The number of rotatable bonds is 8. The van der Waals surface area contributed by atoms with Gasteiger partial charge in [0, 0.05) is 55.6 Å². The molecule has 2 aromatic carbocycles. The molecule has 5 nitrogen and oxygen atoms in total. The molecule has 2 heterocycles. The first-order valence-corrected chi connectivity index (χ1v) is 11.9. The van der Waals surface area contributed by atoms with Gasteiger partial charge in [-0.15, -0.1) is 0 Å². The van der Waals surface area contributed by atoms with Crippen molar-refractivity contribution in [2.45, 2.75) is 39.5 Å². The fourth-order valence-electron chi connectivity index (χ4n) is 4.60. The minimum Gasteiger partial charge on any atom is -0.494 e. The zero-order valence-corrected chi connectivity index (χ0v) is 19.4. The van der Waals surface area contributed by atoms with Gasteiger partial charge in [0.15, 0.2) is 0 Å². The summed E-state index contributed by atoms with van der Waals surface area (Å²) in [7, 11) is 0. The maximum Gasteiger partial charge on any atom is 0.224 e. The van der Waals surface area contributed by atoms with Crippen molar-refractivity contribution in [1.82, 2.24) is 4.90 Å². The molecule has 0 spiro atoms.